The second-order valence-electron chi connectivity index (χ2n) is 6.27. The van der Waals surface area contributed by atoms with Gasteiger partial charge in [-0.3, -0.25) is 9.69 Å². The zero-order chi connectivity index (χ0) is 17.2. The van der Waals surface area contributed by atoms with E-state index in [2.05, 4.69) is 15.5 Å². The van der Waals surface area contributed by atoms with Crippen LogP contribution in [0.5, 0.6) is 0 Å². The van der Waals surface area contributed by atoms with Crippen LogP contribution >= 0.6 is 0 Å². The highest BCUT2D eigenvalue weighted by molar-refractivity contribution is 6.04. The first-order valence-electron chi connectivity index (χ1n) is 8.43. The molecular formula is C18H20FN3O3. The fraction of sp³-hybridized carbons (Fsp3) is 0.389. The van der Waals surface area contributed by atoms with Gasteiger partial charge in [0.1, 0.15) is 23.8 Å². The van der Waals surface area contributed by atoms with Crippen molar-refractivity contribution in [2.75, 3.05) is 50.0 Å². The number of amides is 1. The molecule has 6 nitrogen and oxygen atoms in total. The average Bonchev–Trinajstić information content (AvgIpc) is 3.18. The lowest BCUT2D eigenvalue weighted by Gasteiger charge is -2.26. The highest BCUT2D eigenvalue weighted by Gasteiger charge is 2.34. The van der Waals surface area contributed by atoms with Gasteiger partial charge in [0.25, 0.3) is 0 Å². The molecule has 4 rings (SSSR count). The third-order valence-corrected chi connectivity index (χ3v) is 4.61. The maximum atomic E-state index is 13.3. The molecule has 2 aliphatic heterocycles. The summed E-state index contributed by atoms with van der Waals surface area (Å²) < 4.78 is 24.2. The molecule has 0 radical (unpaired) electrons. The zero-order valence-corrected chi connectivity index (χ0v) is 13.8. The molecule has 1 atom stereocenters. The van der Waals surface area contributed by atoms with Gasteiger partial charge in [0, 0.05) is 37.9 Å². The van der Waals surface area contributed by atoms with Crippen LogP contribution in [0.1, 0.15) is 17.2 Å². The van der Waals surface area contributed by atoms with Gasteiger partial charge in [-0.25, -0.2) is 4.39 Å². The van der Waals surface area contributed by atoms with Gasteiger partial charge in [-0.15, -0.1) is 0 Å². The summed E-state index contributed by atoms with van der Waals surface area (Å²) in [5, 5.41) is 6.02. The Bertz CT molecular complexity index is 771. The first-order valence-corrected chi connectivity index (χ1v) is 8.43. The van der Waals surface area contributed by atoms with E-state index in [0.717, 1.165) is 50.6 Å². The Morgan fingerprint density at radius 1 is 1.28 bits per heavy atom. The van der Waals surface area contributed by atoms with Gasteiger partial charge in [-0.2, -0.15) is 0 Å². The number of rotatable bonds is 5. The minimum absolute atomic E-state index is 0.199. The Morgan fingerprint density at radius 2 is 2.12 bits per heavy atom. The quantitative estimate of drug-likeness (QED) is 0.870. The zero-order valence-electron chi connectivity index (χ0n) is 13.8. The van der Waals surface area contributed by atoms with Gasteiger partial charge in [-0.05, 0) is 17.7 Å². The minimum Gasteiger partial charge on any atom is -0.466 e. The largest absolute Gasteiger partial charge is 0.466 e. The number of benzene rings is 1. The van der Waals surface area contributed by atoms with Crippen LogP contribution in [0, 0.1) is 5.82 Å². The maximum Gasteiger partial charge on any atom is 0.239 e. The Balaban J connectivity index is 1.40. The van der Waals surface area contributed by atoms with Crippen LogP contribution in [0.25, 0.3) is 0 Å². The van der Waals surface area contributed by atoms with E-state index in [1.54, 1.807) is 12.3 Å². The fourth-order valence-electron chi connectivity index (χ4n) is 3.30. The molecule has 1 saturated heterocycles. The molecule has 132 valence electrons. The molecule has 0 aliphatic carbocycles. The number of halogens is 1. The van der Waals surface area contributed by atoms with Crippen molar-refractivity contribution >= 4 is 17.3 Å². The van der Waals surface area contributed by atoms with Crippen molar-refractivity contribution in [3.63, 3.8) is 0 Å². The average molecular weight is 345 g/mol. The fourth-order valence-corrected chi connectivity index (χ4v) is 3.30. The number of fused-ring (bicyclic) bond motifs is 1. The van der Waals surface area contributed by atoms with E-state index >= 15 is 0 Å². The van der Waals surface area contributed by atoms with Crippen LogP contribution in [0.15, 0.2) is 34.9 Å². The molecule has 2 aliphatic rings. The topological polar surface area (TPSA) is 66.7 Å². The molecule has 0 bridgehead atoms. The molecule has 25 heavy (non-hydrogen) atoms. The van der Waals surface area contributed by atoms with Gasteiger partial charge < -0.3 is 19.8 Å². The standard InChI is InChI=1S/C18H20FN3O3/c19-12-1-2-14-15(9-12)21-18(23)17(14)16-10-13(11-25-16)20-3-4-22-5-7-24-8-6-22/h1-2,9-11,17,20H,3-8H2,(H,21,23). The van der Waals surface area contributed by atoms with Gasteiger partial charge in [-0.1, -0.05) is 6.07 Å². The minimum atomic E-state index is -0.537. The lowest BCUT2D eigenvalue weighted by atomic mass is 9.98. The molecule has 1 unspecified atom stereocenters. The molecule has 3 heterocycles. The van der Waals surface area contributed by atoms with Crippen molar-refractivity contribution < 1.29 is 18.3 Å². The smallest absolute Gasteiger partial charge is 0.239 e. The third kappa shape index (κ3) is 3.38. The summed E-state index contributed by atoms with van der Waals surface area (Å²) in [7, 11) is 0. The van der Waals surface area contributed by atoms with E-state index in [0.29, 0.717) is 11.4 Å². The van der Waals surface area contributed by atoms with E-state index in [9.17, 15) is 9.18 Å². The van der Waals surface area contributed by atoms with Crippen molar-refractivity contribution in [2.24, 2.45) is 0 Å². The number of furan rings is 1. The Labute approximate surface area is 144 Å². The highest BCUT2D eigenvalue weighted by Crippen LogP contribution is 2.38. The lowest BCUT2D eigenvalue weighted by molar-refractivity contribution is -0.116. The second-order valence-corrected chi connectivity index (χ2v) is 6.27. The molecule has 2 N–H and O–H groups in total. The maximum absolute atomic E-state index is 13.3. The summed E-state index contributed by atoms with van der Waals surface area (Å²) in [5.74, 6) is -0.554. The van der Waals surface area contributed by atoms with Gasteiger partial charge in [0.05, 0.1) is 18.9 Å². The van der Waals surface area contributed by atoms with Crippen LogP contribution in [0.3, 0.4) is 0 Å². The van der Waals surface area contributed by atoms with E-state index in [-0.39, 0.29) is 11.7 Å². The number of anilines is 2. The Morgan fingerprint density at radius 3 is 2.96 bits per heavy atom. The highest BCUT2D eigenvalue weighted by atomic mass is 19.1. The summed E-state index contributed by atoms with van der Waals surface area (Å²) in [6, 6.07) is 6.15. The summed E-state index contributed by atoms with van der Waals surface area (Å²) in [6.45, 7) is 5.19. The number of carbonyl (C=O) groups excluding carboxylic acids is 1. The summed E-state index contributed by atoms with van der Waals surface area (Å²) >= 11 is 0. The number of nitrogens with one attached hydrogen (secondary N) is 2. The van der Waals surface area contributed by atoms with Gasteiger partial charge in [0.15, 0.2) is 0 Å². The molecule has 7 heteroatoms. The number of nitrogens with zero attached hydrogens (tertiary/aromatic N) is 1. The molecule has 1 amide bonds. The Kier molecular flexibility index (Phi) is 4.42. The van der Waals surface area contributed by atoms with Crippen molar-refractivity contribution in [1.82, 2.24) is 4.90 Å². The summed E-state index contributed by atoms with van der Waals surface area (Å²) in [4.78, 5) is 14.6. The molecule has 0 spiro atoms. The van der Waals surface area contributed by atoms with E-state index in [1.807, 2.05) is 6.07 Å². The number of ether oxygens (including phenoxy) is 1. The van der Waals surface area contributed by atoms with Crippen molar-refractivity contribution in [1.29, 1.82) is 0 Å². The number of hydrogen-bond donors (Lipinski definition) is 2. The SMILES string of the molecule is O=C1Nc2cc(F)ccc2C1c1cc(NCCN2CCOCC2)co1. The van der Waals surface area contributed by atoms with Crippen LogP contribution in [0.4, 0.5) is 15.8 Å². The predicted octanol–water partition coefficient (Wildman–Crippen LogP) is 2.25. The van der Waals surface area contributed by atoms with E-state index in [1.165, 1.54) is 12.1 Å². The van der Waals surface area contributed by atoms with Crippen LogP contribution in [-0.2, 0) is 9.53 Å². The van der Waals surface area contributed by atoms with Crippen LogP contribution in [-0.4, -0.2) is 50.2 Å². The van der Waals surface area contributed by atoms with Crippen molar-refractivity contribution in [3.05, 3.63) is 47.7 Å². The Hall–Kier alpha value is -2.38. The molecule has 0 saturated carbocycles. The van der Waals surface area contributed by atoms with Gasteiger partial charge >= 0.3 is 0 Å². The normalized spacial score (nSPS) is 20.4. The summed E-state index contributed by atoms with van der Waals surface area (Å²) in [5.41, 5.74) is 2.08. The number of carbonyl (C=O) groups is 1. The second kappa shape index (κ2) is 6.85. The molecule has 1 aromatic carbocycles. The molecule has 2 aromatic rings. The molecule has 1 aromatic heterocycles. The first-order chi connectivity index (χ1) is 12.2. The van der Waals surface area contributed by atoms with Crippen LogP contribution in [0.2, 0.25) is 0 Å². The number of morpholine rings is 1. The lowest BCUT2D eigenvalue weighted by Crippen LogP contribution is -2.38. The molecular weight excluding hydrogens is 325 g/mol. The molecule has 1 fully saturated rings. The van der Waals surface area contributed by atoms with Crippen molar-refractivity contribution in [2.45, 2.75) is 5.92 Å². The van der Waals surface area contributed by atoms with Crippen molar-refractivity contribution in [3.8, 4) is 0 Å². The first kappa shape index (κ1) is 16.1. The van der Waals surface area contributed by atoms with E-state index < -0.39 is 5.92 Å². The summed E-state index contributed by atoms with van der Waals surface area (Å²) in [6.07, 6.45) is 1.61. The third-order valence-electron chi connectivity index (χ3n) is 4.61. The predicted molar refractivity (Wildman–Crippen MR) is 91.3 cm³/mol. The van der Waals surface area contributed by atoms with Gasteiger partial charge in [0.2, 0.25) is 5.91 Å². The van der Waals surface area contributed by atoms with Crippen LogP contribution < -0.4 is 10.6 Å². The number of hydrogen-bond acceptors (Lipinski definition) is 5. The monoisotopic (exact) mass is 345 g/mol. The van der Waals surface area contributed by atoms with E-state index in [4.69, 9.17) is 9.15 Å².